The van der Waals surface area contributed by atoms with Gasteiger partial charge in [0.15, 0.2) is 0 Å². The molecule has 0 aliphatic carbocycles. The predicted molar refractivity (Wildman–Crippen MR) is 97.6 cm³/mol. The molecule has 6 heteroatoms. The molecule has 0 unspecified atom stereocenters. The van der Waals surface area contributed by atoms with Gasteiger partial charge in [0.2, 0.25) is 10.0 Å². The fourth-order valence-electron chi connectivity index (χ4n) is 2.40. The molecule has 0 saturated carbocycles. The van der Waals surface area contributed by atoms with Crippen molar-refractivity contribution in [2.45, 2.75) is 4.90 Å². The van der Waals surface area contributed by atoms with E-state index in [0.717, 1.165) is 11.1 Å². The van der Waals surface area contributed by atoms with Crippen molar-refractivity contribution in [1.29, 1.82) is 0 Å². The van der Waals surface area contributed by atoms with Crippen molar-refractivity contribution in [1.82, 2.24) is 0 Å². The molecule has 0 aliphatic rings. The van der Waals surface area contributed by atoms with Crippen LogP contribution in [-0.4, -0.2) is 14.3 Å². The molecule has 1 amide bonds. The first-order valence-electron chi connectivity index (χ1n) is 7.53. The normalized spacial score (nSPS) is 11.1. The van der Waals surface area contributed by atoms with Crippen molar-refractivity contribution >= 4 is 21.6 Å². The molecule has 0 radical (unpaired) electrons. The molecule has 25 heavy (non-hydrogen) atoms. The molecule has 0 heterocycles. The molecule has 0 saturated heterocycles. The number of sulfonamides is 1. The van der Waals surface area contributed by atoms with Crippen molar-refractivity contribution in [3.8, 4) is 11.1 Å². The van der Waals surface area contributed by atoms with Gasteiger partial charge in [-0.25, -0.2) is 13.6 Å². The highest BCUT2D eigenvalue weighted by molar-refractivity contribution is 7.89. The van der Waals surface area contributed by atoms with Crippen LogP contribution in [0.1, 0.15) is 10.4 Å². The Bertz CT molecular complexity index is 998. The number of hydrogen-bond donors (Lipinski definition) is 2. The number of hydrogen-bond acceptors (Lipinski definition) is 3. The summed E-state index contributed by atoms with van der Waals surface area (Å²) in [5, 5.41) is 7.77. The maximum absolute atomic E-state index is 12.3. The summed E-state index contributed by atoms with van der Waals surface area (Å²) in [6.07, 6.45) is 0. The molecule has 3 rings (SSSR count). The van der Waals surface area contributed by atoms with Gasteiger partial charge in [0, 0.05) is 11.3 Å². The fourth-order valence-corrected chi connectivity index (χ4v) is 2.96. The molecule has 3 aromatic rings. The molecular weight excluding hydrogens is 336 g/mol. The summed E-state index contributed by atoms with van der Waals surface area (Å²) >= 11 is 0. The van der Waals surface area contributed by atoms with E-state index in [0.29, 0.717) is 11.3 Å². The molecule has 3 aromatic carbocycles. The lowest BCUT2D eigenvalue weighted by molar-refractivity contribution is 0.102. The molecule has 0 spiro atoms. The fraction of sp³-hybridized carbons (Fsp3) is 0. The smallest absolute Gasteiger partial charge is 0.255 e. The second-order valence-electron chi connectivity index (χ2n) is 5.47. The van der Waals surface area contributed by atoms with Gasteiger partial charge in [-0.2, -0.15) is 0 Å². The third-order valence-corrected chi connectivity index (χ3v) is 4.59. The maximum atomic E-state index is 12.3. The van der Waals surface area contributed by atoms with E-state index < -0.39 is 10.0 Å². The van der Waals surface area contributed by atoms with Crippen LogP contribution in [0.25, 0.3) is 11.1 Å². The zero-order chi connectivity index (χ0) is 17.9. The second-order valence-corrected chi connectivity index (χ2v) is 7.03. The monoisotopic (exact) mass is 352 g/mol. The number of primary sulfonamides is 1. The van der Waals surface area contributed by atoms with Gasteiger partial charge >= 0.3 is 0 Å². The third kappa shape index (κ3) is 4.12. The molecule has 5 nitrogen and oxygen atoms in total. The zero-order valence-corrected chi connectivity index (χ0v) is 14.0. The third-order valence-electron chi connectivity index (χ3n) is 3.67. The first kappa shape index (κ1) is 16.9. The van der Waals surface area contributed by atoms with Gasteiger partial charge in [-0.15, -0.1) is 0 Å². The Balaban J connectivity index is 1.78. The van der Waals surface area contributed by atoms with E-state index in [4.69, 9.17) is 5.14 Å². The zero-order valence-electron chi connectivity index (χ0n) is 13.2. The van der Waals surface area contributed by atoms with E-state index >= 15 is 0 Å². The van der Waals surface area contributed by atoms with E-state index in [1.54, 1.807) is 18.2 Å². The summed E-state index contributed by atoms with van der Waals surface area (Å²) in [4.78, 5) is 12.3. The Morgan fingerprint density at radius 2 is 1.44 bits per heavy atom. The van der Waals surface area contributed by atoms with Gasteiger partial charge in [-0.1, -0.05) is 48.5 Å². The molecule has 0 aliphatic heterocycles. The van der Waals surface area contributed by atoms with Gasteiger partial charge in [-0.3, -0.25) is 4.79 Å². The van der Waals surface area contributed by atoms with Crippen molar-refractivity contribution in [3.63, 3.8) is 0 Å². The van der Waals surface area contributed by atoms with Crippen molar-refractivity contribution in [2.75, 3.05) is 5.32 Å². The largest absolute Gasteiger partial charge is 0.322 e. The average Bonchev–Trinajstić information content (AvgIpc) is 2.62. The SMILES string of the molecule is NS(=O)(=O)c1cccc(NC(=O)c2ccc(-c3ccccc3)cc2)c1. The van der Waals surface area contributed by atoms with Gasteiger partial charge in [0.25, 0.3) is 5.91 Å². The second kappa shape index (κ2) is 6.88. The maximum Gasteiger partial charge on any atom is 0.255 e. The van der Waals surface area contributed by atoms with E-state index in [-0.39, 0.29) is 10.8 Å². The van der Waals surface area contributed by atoms with Gasteiger partial charge in [-0.05, 0) is 41.5 Å². The molecule has 0 fully saturated rings. The highest BCUT2D eigenvalue weighted by atomic mass is 32.2. The first-order chi connectivity index (χ1) is 11.9. The standard InChI is InChI=1S/C19H16N2O3S/c20-25(23,24)18-8-4-7-17(13-18)21-19(22)16-11-9-15(10-12-16)14-5-2-1-3-6-14/h1-13H,(H,21,22)(H2,20,23,24). The van der Waals surface area contributed by atoms with Crippen LogP contribution in [0.2, 0.25) is 0 Å². The average molecular weight is 352 g/mol. The summed E-state index contributed by atoms with van der Waals surface area (Å²) in [6, 6.07) is 22.8. The van der Waals surface area contributed by atoms with Crippen LogP contribution in [0.4, 0.5) is 5.69 Å². The lowest BCUT2D eigenvalue weighted by atomic mass is 10.0. The van der Waals surface area contributed by atoms with E-state index in [9.17, 15) is 13.2 Å². The lowest BCUT2D eigenvalue weighted by Crippen LogP contribution is -2.14. The minimum absolute atomic E-state index is 0.0512. The molecule has 0 aromatic heterocycles. The van der Waals surface area contributed by atoms with Crippen molar-refractivity contribution in [3.05, 3.63) is 84.4 Å². The first-order valence-corrected chi connectivity index (χ1v) is 9.08. The molecular formula is C19H16N2O3S. The number of carbonyl (C=O) groups excluding carboxylic acids is 1. The van der Waals surface area contributed by atoms with Crippen LogP contribution in [-0.2, 0) is 10.0 Å². The Labute approximate surface area is 146 Å². The summed E-state index contributed by atoms with van der Waals surface area (Å²) in [5.41, 5.74) is 2.91. The van der Waals surface area contributed by atoms with Crippen LogP contribution < -0.4 is 10.5 Å². The Hall–Kier alpha value is -2.96. The molecule has 3 N–H and O–H groups in total. The topological polar surface area (TPSA) is 89.3 Å². The number of rotatable bonds is 4. The minimum Gasteiger partial charge on any atom is -0.322 e. The lowest BCUT2D eigenvalue weighted by Gasteiger charge is -2.08. The van der Waals surface area contributed by atoms with Crippen LogP contribution in [0.5, 0.6) is 0 Å². The number of nitrogens with two attached hydrogens (primary N) is 1. The highest BCUT2D eigenvalue weighted by Crippen LogP contribution is 2.20. The number of anilines is 1. The Kier molecular flexibility index (Phi) is 4.65. The van der Waals surface area contributed by atoms with Crippen molar-refractivity contribution < 1.29 is 13.2 Å². The number of nitrogens with one attached hydrogen (secondary N) is 1. The quantitative estimate of drug-likeness (QED) is 0.755. The molecule has 0 atom stereocenters. The summed E-state index contributed by atoms with van der Waals surface area (Å²) < 4.78 is 22.8. The van der Waals surface area contributed by atoms with Crippen LogP contribution in [0.15, 0.2) is 83.8 Å². The van der Waals surface area contributed by atoms with Crippen LogP contribution in [0.3, 0.4) is 0 Å². The minimum atomic E-state index is -3.81. The highest BCUT2D eigenvalue weighted by Gasteiger charge is 2.11. The number of amides is 1. The Morgan fingerprint density at radius 3 is 2.08 bits per heavy atom. The van der Waals surface area contributed by atoms with Crippen LogP contribution >= 0.6 is 0 Å². The van der Waals surface area contributed by atoms with E-state index in [1.807, 2.05) is 42.5 Å². The summed E-state index contributed by atoms with van der Waals surface area (Å²) in [7, 11) is -3.81. The number of carbonyl (C=O) groups is 1. The summed E-state index contributed by atoms with van der Waals surface area (Å²) in [5.74, 6) is -0.328. The van der Waals surface area contributed by atoms with E-state index in [2.05, 4.69) is 5.32 Å². The van der Waals surface area contributed by atoms with Gasteiger partial charge < -0.3 is 5.32 Å². The van der Waals surface area contributed by atoms with Crippen LogP contribution in [0, 0.1) is 0 Å². The van der Waals surface area contributed by atoms with E-state index in [1.165, 1.54) is 18.2 Å². The summed E-state index contributed by atoms with van der Waals surface area (Å²) in [6.45, 7) is 0. The Morgan fingerprint density at radius 1 is 0.800 bits per heavy atom. The van der Waals surface area contributed by atoms with Crippen molar-refractivity contribution in [2.24, 2.45) is 5.14 Å². The molecule has 126 valence electrons. The van der Waals surface area contributed by atoms with Gasteiger partial charge in [0.05, 0.1) is 4.90 Å². The predicted octanol–water partition coefficient (Wildman–Crippen LogP) is 3.25. The number of benzene rings is 3. The molecule has 0 bridgehead atoms. The van der Waals surface area contributed by atoms with Gasteiger partial charge in [0.1, 0.15) is 0 Å².